The van der Waals surface area contributed by atoms with Crippen molar-refractivity contribution in [1.29, 1.82) is 0 Å². The maximum atomic E-state index is 10.6. The van der Waals surface area contributed by atoms with Gasteiger partial charge in [0, 0.05) is 16.7 Å². The van der Waals surface area contributed by atoms with Crippen LogP contribution in [-0.2, 0) is 0 Å². The van der Waals surface area contributed by atoms with E-state index < -0.39 is 4.92 Å². The minimum atomic E-state index is -0.542. The Kier molecular flexibility index (Phi) is 3.64. The molecule has 6 heteroatoms. The maximum Gasteiger partial charge on any atom is 0.288 e. The molecule has 1 heterocycles. The number of nitrogens with two attached hydrogens (primary N) is 1. The summed E-state index contributed by atoms with van der Waals surface area (Å²) in [5, 5.41) is 11.3. The van der Waals surface area contributed by atoms with Gasteiger partial charge in [-0.3, -0.25) is 10.1 Å². The number of aromatic nitrogens is 1. The van der Waals surface area contributed by atoms with Gasteiger partial charge in [0.2, 0.25) is 0 Å². The average molecular weight is 274 g/mol. The molecule has 19 heavy (non-hydrogen) atoms. The van der Waals surface area contributed by atoms with Crippen molar-refractivity contribution in [3.63, 3.8) is 0 Å². The van der Waals surface area contributed by atoms with Crippen LogP contribution in [0.25, 0.3) is 0 Å². The zero-order valence-corrected chi connectivity index (χ0v) is 10.4. The van der Waals surface area contributed by atoms with Gasteiger partial charge >= 0.3 is 0 Å². The summed E-state index contributed by atoms with van der Waals surface area (Å²) >= 11 is 5.76. The average Bonchev–Trinajstić information content (AvgIpc) is 2.39. The highest BCUT2D eigenvalue weighted by Crippen LogP contribution is 2.16. The van der Waals surface area contributed by atoms with E-state index in [2.05, 4.69) is 16.8 Å². The molecule has 0 bridgehead atoms. The molecule has 0 amide bonds. The van der Waals surface area contributed by atoms with Crippen LogP contribution in [0.1, 0.15) is 11.1 Å². The molecule has 0 atom stereocenters. The third-order valence-corrected chi connectivity index (χ3v) is 2.55. The number of nitrogens with zero attached hydrogens (tertiary/aromatic N) is 2. The van der Waals surface area contributed by atoms with Crippen molar-refractivity contribution in [3.8, 4) is 11.8 Å². The van der Waals surface area contributed by atoms with Crippen LogP contribution in [0.5, 0.6) is 0 Å². The molecule has 0 saturated carbocycles. The van der Waals surface area contributed by atoms with E-state index in [-0.39, 0.29) is 11.5 Å². The normalized spacial score (nSPS) is 9.53. The topological polar surface area (TPSA) is 82.0 Å². The monoisotopic (exact) mass is 273 g/mol. The second kappa shape index (κ2) is 5.38. The van der Waals surface area contributed by atoms with Crippen LogP contribution in [0.15, 0.2) is 36.5 Å². The maximum absolute atomic E-state index is 10.6. The van der Waals surface area contributed by atoms with Crippen molar-refractivity contribution in [1.82, 2.24) is 4.98 Å². The minimum absolute atomic E-state index is 0.144. The predicted molar refractivity (Wildman–Crippen MR) is 72.7 cm³/mol. The minimum Gasteiger partial charge on any atom is -0.383 e. The van der Waals surface area contributed by atoms with Gasteiger partial charge in [0.15, 0.2) is 0 Å². The Morgan fingerprint density at radius 3 is 2.58 bits per heavy atom. The molecule has 1 aromatic heterocycles. The van der Waals surface area contributed by atoms with E-state index in [9.17, 15) is 10.1 Å². The number of pyridine rings is 1. The number of anilines is 1. The summed E-state index contributed by atoms with van der Waals surface area (Å²) in [5.74, 6) is 5.76. The van der Waals surface area contributed by atoms with Crippen LogP contribution in [-0.4, -0.2) is 9.91 Å². The number of benzene rings is 1. The Bertz CT molecular complexity index is 687. The molecule has 1 aromatic carbocycles. The molecule has 0 aliphatic carbocycles. The Hall–Kier alpha value is -2.58. The van der Waals surface area contributed by atoms with Gasteiger partial charge < -0.3 is 5.73 Å². The lowest BCUT2D eigenvalue weighted by atomic mass is 10.2. The predicted octanol–water partition coefficient (Wildman–Crippen LogP) is 2.63. The number of hydrogen-bond acceptors (Lipinski definition) is 4. The molecule has 2 aromatic rings. The molecular weight excluding hydrogens is 266 g/mol. The molecule has 2 rings (SSSR count). The summed E-state index contributed by atoms with van der Waals surface area (Å²) in [5.41, 5.74) is 6.53. The zero-order chi connectivity index (χ0) is 13.8. The summed E-state index contributed by atoms with van der Waals surface area (Å²) in [6.45, 7) is 0. The van der Waals surface area contributed by atoms with Gasteiger partial charge in [-0.05, 0) is 24.3 Å². The third kappa shape index (κ3) is 3.21. The van der Waals surface area contributed by atoms with Gasteiger partial charge in [-0.25, -0.2) is 4.98 Å². The largest absolute Gasteiger partial charge is 0.383 e. The highest BCUT2D eigenvalue weighted by molar-refractivity contribution is 6.30. The fraction of sp³-hybridized carbons (Fsp3) is 0. The standard InChI is InChI=1S/C13H8ClN3O2/c14-11-5-2-9(3-6-11)1-4-10-7-12(17(18)19)8-16-13(10)15/h2-3,5-8H,(H2,15,16). The number of hydrogen-bond donors (Lipinski definition) is 1. The van der Waals surface area contributed by atoms with Crippen LogP contribution in [0.3, 0.4) is 0 Å². The summed E-state index contributed by atoms with van der Waals surface area (Å²) < 4.78 is 0. The van der Waals surface area contributed by atoms with Crippen molar-refractivity contribution >= 4 is 23.1 Å². The van der Waals surface area contributed by atoms with Crippen molar-refractivity contribution in [2.24, 2.45) is 0 Å². The fourth-order valence-corrected chi connectivity index (χ4v) is 1.46. The number of nitro groups is 1. The molecule has 5 nitrogen and oxygen atoms in total. The molecule has 0 aliphatic rings. The van der Waals surface area contributed by atoms with E-state index in [4.69, 9.17) is 17.3 Å². The van der Waals surface area contributed by atoms with Crippen LogP contribution in [0.4, 0.5) is 11.5 Å². The first-order valence-corrected chi connectivity index (χ1v) is 5.61. The molecule has 0 unspecified atom stereocenters. The third-order valence-electron chi connectivity index (χ3n) is 2.30. The van der Waals surface area contributed by atoms with Crippen LogP contribution in [0.2, 0.25) is 5.02 Å². The summed E-state index contributed by atoms with van der Waals surface area (Å²) in [6, 6.07) is 8.21. The Labute approximate surface area is 114 Å². The SMILES string of the molecule is Nc1ncc([N+](=O)[O-])cc1C#Cc1ccc(Cl)cc1. The van der Waals surface area contributed by atoms with E-state index in [0.717, 1.165) is 11.8 Å². The van der Waals surface area contributed by atoms with Crippen LogP contribution in [0, 0.1) is 22.0 Å². The van der Waals surface area contributed by atoms with Gasteiger partial charge in [-0.15, -0.1) is 0 Å². The lowest BCUT2D eigenvalue weighted by Crippen LogP contribution is -1.97. The van der Waals surface area contributed by atoms with E-state index >= 15 is 0 Å². The summed E-state index contributed by atoms with van der Waals surface area (Å²) in [4.78, 5) is 13.8. The molecule has 0 spiro atoms. The second-order valence-corrected chi connectivity index (χ2v) is 4.08. The molecule has 0 fully saturated rings. The van der Waals surface area contributed by atoms with E-state index in [0.29, 0.717) is 10.6 Å². The van der Waals surface area contributed by atoms with Gasteiger partial charge in [0.25, 0.3) is 5.69 Å². The number of nitrogen functional groups attached to an aromatic ring is 1. The van der Waals surface area contributed by atoms with E-state index in [1.807, 2.05) is 0 Å². The quantitative estimate of drug-likeness (QED) is 0.492. The Morgan fingerprint density at radius 1 is 1.26 bits per heavy atom. The molecule has 0 radical (unpaired) electrons. The molecule has 0 saturated heterocycles. The van der Waals surface area contributed by atoms with Crippen molar-refractivity contribution < 1.29 is 4.92 Å². The van der Waals surface area contributed by atoms with Gasteiger partial charge in [-0.2, -0.15) is 0 Å². The zero-order valence-electron chi connectivity index (χ0n) is 9.63. The van der Waals surface area contributed by atoms with Gasteiger partial charge in [0.05, 0.1) is 10.5 Å². The first-order valence-electron chi connectivity index (χ1n) is 5.24. The van der Waals surface area contributed by atoms with Crippen LogP contribution >= 0.6 is 11.6 Å². The summed E-state index contributed by atoms with van der Waals surface area (Å²) in [7, 11) is 0. The molecular formula is C13H8ClN3O2. The van der Waals surface area contributed by atoms with Crippen molar-refractivity contribution in [2.75, 3.05) is 5.73 Å². The Balaban J connectivity index is 2.36. The summed E-state index contributed by atoms with van der Waals surface area (Å²) in [6.07, 6.45) is 1.10. The molecule has 2 N–H and O–H groups in total. The van der Waals surface area contributed by atoms with Gasteiger partial charge in [-0.1, -0.05) is 23.4 Å². The highest BCUT2D eigenvalue weighted by atomic mass is 35.5. The van der Waals surface area contributed by atoms with E-state index in [1.165, 1.54) is 6.07 Å². The fourth-order valence-electron chi connectivity index (χ4n) is 1.34. The smallest absolute Gasteiger partial charge is 0.288 e. The number of halogens is 1. The lowest BCUT2D eigenvalue weighted by Gasteiger charge is -1.96. The van der Waals surface area contributed by atoms with Crippen molar-refractivity contribution in [2.45, 2.75) is 0 Å². The van der Waals surface area contributed by atoms with E-state index in [1.54, 1.807) is 24.3 Å². The van der Waals surface area contributed by atoms with Crippen LogP contribution < -0.4 is 5.73 Å². The molecule has 0 aliphatic heterocycles. The first-order chi connectivity index (χ1) is 9.06. The number of rotatable bonds is 1. The molecule has 94 valence electrons. The first kappa shape index (κ1) is 12.9. The lowest BCUT2D eigenvalue weighted by molar-refractivity contribution is -0.385. The second-order valence-electron chi connectivity index (χ2n) is 3.64. The highest BCUT2D eigenvalue weighted by Gasteiger charge is 2.08. The Morgan fingerprint density at radius 2 is 1.95 bits per heavy atom. The van der Waals surface area contributed by atoms with Gasteiger partial charge in [0.1, 0.15) is 12.0 Å². The van der Waals surface area contributed by atoms with Crippen molar-refractivity contribution in [3.05, 3.63) is 62.8 Å².